The van der Waals surface area contributed by atoms with Gasteiger partial charge in [-0.2, -0.15) is 0 Å². The van der Waals surface area contributed by atoms with Crippen LogP contribution in [0.15, 0.2) is 53.3 Å². The average molecular weight is 386 g/mol. The first-order valence-corrected chi connectivity index (χ1v) is 8.85. The highest BCUT2D eigenvalue weighted by atomic mass is 35.5. The highest BCUT2D eigenvalue weighted by molar-refractivity contribution is 6.30. The quantitative estimate of drug-likeness (QED) is 0.538. The van der Waals surface area contributed by atoms with Crippen molar-refractivity contribution in [1.82, 2.24) is 20.4 Å². The molecule has 0 radical (unpaired) electrons. The molecule has 27 heavy (non-hydrogen) atoms. The molecule has 2 aromatic heterocycles. The summed E-state index contributed by atoms with van der Waals surface area (Å²) in [5.74, 6) is 1.84. The Kier molecular flexibility index (Phi) is 6.03. The van der Waals surface area contributed by atoms with Gasteiger partial charge in [0.15, 0.2) is 5.82 Å². The molecule has 0 aliphatic carbocycles. The van der Waals surface area contributed by atoms with Crippen molar-refractivity contribution in [1.29, 1.82) is 0 Å². The average Bonchev–Trinajstić information content (AvgIpc) is 3.20. The molecule has 3 aromatic rings. The Bertz CT molecular complexity index is 897. The van der Waals surface area contributed by atoms with Crippen LogP contribution < -0.4 is 9.64 Å². The molecule has 0 saturated carbocycles. The summed E-state index contributed by atoms with van der Waals surface area (Å²) in [5, 5.41) is 16.6. The largest absolute Gasteiger partial charge is 0.489 e. The standard InChI is InChI=1S/C19H20ClN5O2/c1-4-25(18-8-6-16(22-23-18)19-24-21-12-27-19)10-14-9-15(20)5-7-17(14)26-11-13(2)3/h5-9,12H,2,4,10-11H2,1,3H3. The van der Waals surface area contributed by atoms with Crippen LogP contribution in [0.1, 0.15) is 19.4 Å². The Labute approximate surface area is 162 Å². The van der Waals surface area contributed by atoms with Gasteiger partial charge in [-0.25, -0.2) is 0 Å². The molecule has 0 unspecified atom stereocenters. The Morgan fingerprint density at radius 1 is 1.22 bits per heavy atom. The van der Waals surface area contributed by atoms with Crippen LogP contribution in [-0.4, -0.2) is 33.5 Å². The zero-order valence-electron chi connectivity index (χ0n) is 15.2. The highest BCUT2D eigenvalue weighted by Crippen LogP contribution is 2.26. The van der Waals surface area contributed by atoms with Crippen molar-refractivity contribution < 1.29 is 9.15 Å². The summed E-state index contributed by atoms with van der Waals surface area (Å²) in [6.45, 7) is 9.62. The first-order chi connectivity index (χ1) is 13.1. The minimum absolute atomic E-state index is 0.336. The van der Waals surface area contributed by atoms with Gasteiger partial charge in [0.25, 0.3) is 5.89 Å². The van der Waals surface area contributed by atoms with Gasteiger partial charge < -0.3 is 14.1 Å². The van der Waals surface area contributed by atoms with Gasteiger partial charge in [0.05, 0.1) is 0 Å². The lowest BCUT2D eigenvalue weighted by molar-refractivity contribution is 0.348. The normalized spacial score (nSPS) is 10.6. The maximum atomic E-state index is 6.19. The summed E-state index contributed by atoms with van der Waals surface area (Å²) >= 11 is 6.19. The van der Waals surface area contributed by atoms with Crippen LogP contribution in [0, 0.1) is 0 Å². The van der Waals surface area contributed by atoms with Crippen LogP contribution in [0.4, 0.5) is 5.82 Å². The number of ether oxygens (including phenoxy) is 1. The molecule has 8 heteroatoms. The predicted molar refractivity (Wildman–Crippen MR) is 104 cm³/mol. The fourth-order valence-electron chi connectivity index (χ4n) is 2.47. The monoisotopic (exact) mass is 385 g/mol. The molecule has 0 N–H and O–H groups in total. The van der Waals surface area contributed by atoms with Gasteiger partial charge in [-0.15, -0.1) is 20.4 Å². The molecule has 0 aliphatic rings. The van der Waals surface area contributed by atoms with E-state index in [1.807, 2.05) is 38.1 Å². The Hall–Kier alpha value is -2.93. The zero-order valence-corrected chi connectivity index (χ0v) is 16.0. The molecule has 0 atom stereocenters. The Morgan fingerprint density at radius 2 is 2.07 bits per heavy atom. The molecular weight excluding hydrogens is 366 g/mol. The first-order valence-electron chi connectivity index (χ1n) is 8.47. The summed E-state index contributed by atoms with van der Waals surface area (Å²) in [5.41, 5.74) is 2.44. The Balaban J connectivity index is 1.80. The van der Waals surface area contributed by atoms with Crippen molar-refractivity contribution in [2.75, 3.05) is 18.1 Å². The molecule has 3 rings (SSSR count). The fraction of sp³-hybridized carbons (Fsp3) is 0.263. The molecule has 0 saturated heterocycles. The topological polar surface area (TPSA) is 77.2 Å². The van der Waals surface area contributed by atoms with E-state index in [-0.39, 0.29) is 0 Å². The van der Waals surface area contributed by atoms with E-state index in [4.69, 9.17) is 20.8 Å². The number of anilines is 1. The third-order valence-electron chi connectivity index (χ3n) is 3.79. The van der Waals surface area contributed by atoms with Gasteiger partial charge >= 0.3 is 0 Å². The SMILES string of the molecule is C=C(C)COc1ccc(Cl)cc1CN(CC)c1ccc(-c2nnco2)nn1. The second-order valence-corrected chi connectivity index (χ2v) is 6.47. The minimum atomic E-state index is 0.336. The second-order valence-electron chi connectivity index (χ2n) is 6.03. The molecule has 2 heterocycles. The van der Waals surface area contributed by atoms with Gasteiger partial charge in [-0.3, -0.25) is 0 Å². The number of hydrogen-bond acceptors (Lipinski definition) is 7. The minimum Gasteiger partial charge on any atom is -0.489 e. The fourth-order valence-corrected chi connectivity index (χ4v) is 2.66. The Morgan fingerprint density at radius 3 is 2.70 bits per heavy atom. The van der Waals surface area contributed by atoms with Crippen molar-refractivity contribution in [2.24, 2.45) is 0 Å². The maximum absolute atomic E-state index is 6.19. The van der Waals surface area contributed by atoms with Crippen LogP contribution in [0.25, 0.3) is 11.6 Å². The molecule has 0 spiro atoms. The summed E-state index contributed by atoms with van der Waals surface area (Å²) < 4.78 is 11.0. The maximum Gasteiger partial charge on any atom is 0.267 e. The van der Waals surface area contributed by atoms with Crippen LogP contribution in [0.5, 0.6) is 5.75 Å². The summed E-state index contributed by atoms with van der Waals surface area (Å²) in [6, 6.07) is 9.26. The van der Waals surface area contributed by atoms with E-state index in [2.05, 4.69) is 31.9 Å². The van der Waals surface area contributed by atoms with Crippen molar-refractivity contribution >= 4 is 17.4 Å². The molecule has 0 amide bonds. The molecule has 0 fully saturated rings. The van der Waals surface area contributed by atoms with Gasteiger partial charge in [-0.1, -0.05) is 18.2 Å². The highest BCUT2D eigenvalue weighted by Gasteiger charge is 2.14. The number of rotatable bonds is 8. The van der Waals surface area contributed by atoms with E-state index in [1.54, 1.807) is 6.07 Å². The van der Waals surface area contributed by atoms with Crippen molar-refractivity contribution in [3.8, 4) is 17.3 Å². The molecule has 7 nitrogen and oxygen atoms in total. The van der Waals surface area contributed by atoms with Crippen LogP contribution >= 0.6 is 11.6 Å². The van der Waals surface area contributed by atoms with Gasteiger partial charge in [0.1, 0.15) is 18.1 Å². The zero-order chi connectivity index (χ0) is 19.2. The number of benzene rings is 1. The second kappa shape index (κ2) is 8.64. The molecule has 0 bridgehead atoms. The van der Waals surface area contributed by atoms with Crippen molar-refractivity contribution in [3.05, 3.63) is 59.5 Å². The van der Waals surface area contributed by atoms with Gasteiger partial charge in [0, 0.05) is 23.7 Å². The van der Waals surface area contributed by atoms with Gasteiger partial charge in [0.2, 0.25) is 6.39 Å². The van der Waals surface area contributed by atoms with E-state index in [0.29, 0.717) is 29.8 Å². The van der Waals surface area contributed by atoms with E-state index in [9.17, 15) is 0 Å². The molecular formula is C19H20ClN5O2. The predicted octanol–water partition coefficient (Wildman–Crippen LogP) is 4.16. The molecule has 0 aliphatic heterocycles. The number of aromatic nitrogens is 4. The lowest BCUT2D eigenvalue weighted by Crippen LogP contribution is -2.24. The first kappa shape index (κ1) is 18.8. The van der Waals surface area contributed by atoms with Gasteiger partial charge in [-0.05, 0) is 49.8 Å². The van der Waals surface area contributed by atoms with E-state index >= 15 is 0 Å². The van der Waals surface area contributed by atoms with Crippen LogP contribution in [0.2, 0.25) is 5.02 Å². The number of halogens is 1. The van der Waals surface area contributed by atoms with Crippen LogP contribution in [-0.2, 0) is 6.54 Å². The van der Waals surface area contributed by atoms with E-state index in [1.165, 1.54) is 6.39 Å². The lowest BCUT2D eigenvalue weighted by Gasteiger charge is -2.23. The summed E-state index contributed by atoms with van der Waals surface area (Å²) in [6.07, 6.45) is 1.26. The smallest absolute Gasteiger partial charge is 0.267 e. The van der Waals surface area contributed by atoms with Crippen molar-refractivity contribution in [2.45, 2.75) is 20.4 Å². The number of hydrogen-bond donors (Lipinski definition) is 0. The molecule has 140 valence electrons. The third-order valence-corrected chi connectivity index (χ3v) is 4.03. The van der Waals surface area contributed by atoms with Crippen molar-refractivity contribution in [3.63, 3.8) is 0 Å². The number of nitrogens with zero attached hydrogens (tertiary/aromatic N) is 5. The lowest BCUT2D eigenvalue weighted by atomic mass is 10.2. The van der Waals surface area contributed by atoms with E-state index in [0.717, 1.165) is 29.2 Å². The third kappa shape index (κ3) is 4.83. The van der Waals surface area contributed by atoms with E-state index < -0.39 is 0 Å². The molecule has 1 aromatic carbocycles. The summed E-state index contributed by atoms with van der Waals surface area (Å²) in [7, 11) is 0. The summed E-state index contributed by atoms with van der Waals surface area (Å²) in [4.78, 5) is 2.07. The van der Waals surface area contributed by atoms with Crippen LogP contribution in [0.3, 0.4) is 0 Å².